The fraction of sp³-hybridized carbons (Fsp3) is 0.333. The zero-order valence-electron chi connectivity index (χ0n) is 6.85. The average Bonchev–Trinajstić information content (AvgIpc) is 2.21. The van der Waals surface area contributed by atoms with Crippen LogP contribution < -0.4 is 4.90 Å². The molecule has 0 saturated heterocycles. The first-order valence-electron chi connectivity index (χ1n) is 4.13. The van der Waals surface area contributed by atoms with Gasteiger partial charge in [0.25, 0.3) is 0 Å². The van der Waals surface area contributed by atoms with E-state index in [1.54, 1.807) is 12.5 Å². The van der Waals surface area contributed by atoms with Crippen molar-refractivity contribution < 1.29 is 0 Å². The number of hydrogen-bond acceptors (Lipinski definition) is 3. The zero-order chi connectivity index (χ0) is 8.23. The summed E-state index contributed by atoms with van der Waals surface area (Å²) in [7, 11) is 0. The van der Waals surface area contributed by atoms with Crippen LogP contribution in [0.1, 0.15) is 6.42 Å². The molecule has 0 atom stereocenters. The fourth-order valence-electron chi connectivity index (χ4n) is 1.32. The Bertz CT molecular complexity index is 268. The predicted octanol–water partition coefficient (Wildman–Crippen LogP) is 1.24. The highest BCUT2D eigenvalue weighted by molar-refractivity contribution is 5.38. The molecule has 12 heavy (non-hydrogen) atoms. The third kappa shape index (κ3) is 1.44. The molecule has 2 heterocycles. The molecule has 2 rings (SSSR count). The molecule has 0 bridgehead atoms. The first kappa shape index (κ1) is 7.28. The molecule has 62 valence electrons. The van der Waals surface area contributed by atoms with E-state index in [-0.39, 0.29) is 0 Å². The number of rotatable bonds is 1. The smallest absolute Gasteiger partial charge is 0.132 e. The van der Waals surface area contributed by atoms with Gasteiger partial charge in [0, 0.05) is 19.3 Å². The summed E-state index contributed by atoms with van der Waals surface area (Å²) < 4.78 is 0. The maximum Gasteiger partial charge on any atom is 0.132 e. The molecule has 0 aromatic carbocycles. The van der Waals surface area contributed by atoms with Gasteiger partial charge in [0.1, 0.15) is 12.1 Å². The minimum Gasteiger partial charge on any atom is -0.352 e. The van der Waals surface area contributed by atoms with Crippen molar-refractivity contribution in [1.82, 2.24) is 9.97 Å². The lowest BCUT2D eigenvalue weighted by Gasteiger charge is -2.23. The highest BCUT2D eigenvalue weighted by Gasteiger charge is 2.06. The highest BCUT2D eigenvalue weighted by atomic mass is 15.2. The molecule has 0 N–H and O–H groups in total. The van der Waals surface area contributed by atoms with Gasteiger partial charge in [-0.1, -0.05) is 12.2 Å². The molecular formula is C9H11N3. The van der Waals surface area contributed by atoms with Crippen molar-refractivity contribution in [2.75, 3.05) is 18.0 Å². The molecule has 0 amide bonds. The lowest BCUT2D eigenvalue weighted by atomic mass is 10.2. The molecule has 3 nitrogen and oxygen atoms in total. The van der Waals surface area contributed by atoms with Gasteiger partial charge in [-0.15, -0.1) is 0 Å². The van der Waals surface area contributed by atoms with E-state index in [0.717, 1.165) is 25.3 Å². The lowest BCUT2D eigenvalue weighted by Crippen LogP contribution is -2.27. The van der Waals surface area contributed by atoms with Crippen LogP contribution in [-0.4, -0.2) is 23.1 Å². The van der Waals surface area contributed by atoms with Crippen molar-refractivity contribution in [3.05, 3.63) is 30.7 Å². The van der Waals surface area contributed by atoms with E-state index < -0.39 is 0 Å². The normalized spacial score (nSPS) is 16.5. The SMILES string of the molecule is C1=CCN(c2ccncn2)CC1. The van der Waals surface area contributed by atoms with Crippen molar-refractivity contribution in [2.24, 2.45) is 0 Å². The highest BCUT2D eigenvalue weighted by Crippen LogP contribution is 2.11. The molecule has 3 heteroatoms. The van der Waals surface area contributed by atoms with E-state index in [4.69, 9.17) is 0 Å². The molecule has 0 aliphatic carbocycles. The number of nitrogens with zero attached hydrogens (tertiary/aromatic N) is 3. The van der Waals surface area contributed by atoms with Gasteiger partial charge in [-0.3, -0.25) is 0 Å². The van der Waals surface area contributed by atoms with Gasteiger partial charge in [0.05, 0.1) is 0 Å². The molecule has 1 aliphatic heterocycles. The maximum absolute atomic E-state index is 4.18. The molecule has 1 aliphatic rings. The second kappa shape index (κ2) is 3.34. The largest absolute Gasteiger partial charge is 0.352 e. The predicted molar refractivity (Wildman–Crippen MR) is 48.0 cm³/mol. The summed E-state index contributed by atoms with van der Waals surface area (Å²) in [6, 6.07) is 1.94. The van der Waals surface area contributed by atoms with Gasteiger partial charge in [-0.2, -0.15) is 0 Å². The van der Waals surface area contributed by atoms with E-state index in [9.17, 15) is 0 Å². The lowest BCUT2D eigenvalue weighted by molar-refractivity contribution is 0.802. The number of anilines is 1. The van der Waals surface area contributed by atoms with Crippen molar-refractivity contribution in [3.8, 4) is 0 Å². The number of hydrogen-bond donors (Lipinski definition) is 0. The summed E-state index contributed by atoms with van der Waals surface area (Å²) in [5.41, 5.74) is 0. The third-order valence-electron chi connectivity index (χ3n) is 1.95. The Hall–Kier alpha value is -1.38. The maximum atomic E-state index is 4.18. The van der Waals surface area contributed by atoms with Crippen LogP contribution in [0, 0.1) is 0 Å². The minimum atomic E-state index is 0.969. The first-order valence-corrected chi connectivity index (χ1v) is 4.13. The van der Waals surface area contributed by atoms with Crippen LogP contribution in [0.15, 0.2) is 30.7 Å². The van der Waals surface area contributed by atoms with E-state index in [0.29, 0.717) is 0 Å². The Labute approximate surface area is 71.8 Å². The van der Waals surface area contributed by atoms with Crippen LogP contribution in [0.5, 0.6) is 0 Å². The second-order valence-electron chi connectivity index (χ2n) is 2.77. The van der Waals surface area contributed by atoms with Crippen LogP contribution in [0.3, 0.4) is 0 Å². The Morgan fingerprint density at radius 2 is 2.33 bits per heavy atom. The van der Waals surface area contributed by atoms with Gasteiger partial charge in [-0.05, 0) is 12.5 Å². The van der Waals surface area contributed by atoms with E-state index in [1.807, 2.05) is 6.07 Å². The Kier molecular flexibility index (Phi) is 2.03. The zero-order valence-corrected chi connectivity index (χ0v) is 6.85. The van der Waals surface area contributed by atoms with Crippen molar-refractivity contribution in [2.45, 2.75) is 6.42 Å². The summed E-state index contributed by atoms with van der Waals surface area (Å²) in [4.78, 5) is 10.3. The molecule has 0 saturated carbocycles. The fourth-order valence-corrected chi connectivity index (χ4v) is 1.32. The summed E-state index contributed by atoms with van der Waals surface area (Å²) in [5.74, 6) is 1.02. The summed E-state index contributed by atoms with van der Waals surface area (Å²) in [5, 5.41) is 0. The van der Waals surface area contributed by atoms with E-state index in [2.05, 4.69) is 27.0 Å². The summed E-state index contributed by atoms with van der Waals surface area (Å²) >= 11 is 0. The molecule has 1 aromatic heterocycles. The third-order valence-corrected chi connectivity index (χ3v) is 1.95. The summed E-state index contributed by atoms with van der Waals surface area (Å²) in [6.07, 6.45) is 8.86. The van der Waals surface area contributed by atoms with Gasteiger partial charge >= 0.3 is 0 Å². The van der Waals surface area contributed by atoms with Crippen molar-refractivity contribution in [3.63, 3.8) is 0 Å². The van der Waals surface area contributed by atoms with E-state index >= 15 is 0 Å². The molecule has 1 aromatic rings. The molecule has 0 spiro atoms. The van der Waals surface area contributed by atoms with Gasteiger partial charge < -0.3 is 4.90 Å². The van der Waals surface area contributed by atoms with E-state index in [1.165, 1.54) is 0 Å². The van der Waals surface area contributed by atoms with Crippen LogP contribution in [0.25, 0.3) is 0 Å². The standard InChI is InChI=1S/C9H11N3/c1-2-6-12(7-3-1)9-4-5-10-8-11-9/h1-2,4-5,8H,3,6-7H2. The minimum absolute atomic E-state index is 0.969. The van der Waals surface area contributed by atoms with Crippen LogP contribution in [0.2, 0.25) is 0 Å². The molecule has 0 unspecified atom stereocenters. The Morgan fingerprint density at radius 1 is 1.33 bits per heavy atom. The quantitative estimate of drug-likeness (QED) is 0.580. The van der Waals surface area contributed by atoms with Crippen LogP contribution >= 0.6 is 0 Å². The molecular weight excluding hydrogens is 150 g/mol. The molecule has 0 fully saturated rings. The van der Waals surface area contributed by atoms with Crippen LogP contribution in [0.4, 0.5) is 5.82 Å². The van der Waals surface area contributed by atoms with Crippen LogP contribution in [-0.2, 0) is 0 Å². The monoisotopic (exact) mass is 161 g/mol. The first-order chi connectivity index (χ1) is 5.97. The summed E-state index contributed by atoms with van der Waals surface area (Å²) in [6.45, 7) is 2.03. The topological polar surface area (TPSA) is 29.0 Å². The van der Waals surface area contributed by atoms with Gasteiger partial charge in [-0.25, -0.2) is 9.97 Å². The van der Waals surface area contributed by atoms with Crippen molar-refractivity contribution >= 4 is 5.82 Å². The Balaban J connectivity index is 2.15. The van der Waals surface area contributed by atoms with Gasteiger partial charge in [0.15, 0.2) is 0 Å². The average molecular weight is 161 g/mol. The van der Waals surface area contributed by atoms with Crippen molar-refractivity contribution in [1.29, 1.82) is 0 Å². The van der Waals surface area contributed by atoms with Gasteiger partial charge in [0.2, 0.25) is 0 Å². The molecule has 0 radical (unpaired) electrons. The number of aromatic nitrogens is 2. The second-order valence-corrected chi connectivity index (χ2v) is 2.77. The Morgan fingerprint density at radius 3 is 3.00 bits per heavy atom.